The molecule has 0 aromatic rings. The van der Waals surface area contributed by atoms with Gasteiger partial charge in [0.2, 0.25) is 0 Å². The van der Waals surface area contributed by atoms with Crippen LogP contribution in [0.4, 0.5) is 0 Å². The number of carbonyl (C=O) groups is 1. The van der Waals surface area contributed by atoms with Crippen LogP contribution in [0.2, 0.25) is 0 Å². The van der Waals surface area contributed by atoms with Crippen LogP contribution in [-0.2, 0) is 9.53 Å². The molecule has 1 atom stereocenters. The average Bonchev–Trinajstić information content (AvgIpc) is 2.18. The van der Waals surface area contributed by atoms with Crippen LogP contribution in [0.25, 0.3) is 0 Å². The number of hydrogen-bond acceptors (Lipinski definition) is 3. The van der Waals surface area contributed by atoms with Gasteiger partial charge in [-0.1, -0.05) is 12.8 Å². The Bertz CT molecular complexity index is 222. The molecular formula is C11H19NO3. The van der Waals surface area contributed by atoms with Crippen molar-refractivity contribution in [2.24, 2.45) is 5.92 Å². The van der Waals surface area contributed by atoms with Crippen molar-refractivity contribution in [3.63, 3.8) is 0 Å². The summed E-state index contributed by atoms with van der Waals surface area (Å²) in [6.07, 6.45) is 6.08. The average molecular weight is 213 g/mol. The summed E-state index contributed by atoms with van der Waals surface area (Å²) in [6, 6.07) is 0. The molecule has 1 unspecified atom stereocenters. The number of carboxylic acids is 1. The normalized spacial score (nSPS) is 12.4. The summed E-state index contributed by atoms with van der Waals surface area (Å²) in [5.74, 6) is 1.35. The minimum absolute atomic E-state index is 0.388. The van der Waals surface area contributed by atoms with E-state index in [-0.39, 0.29) is 5.92 Å². The number of rotatable bonds is 8. The zero-order valence-corrected chi connectivity index (χ0v) is 9.40. The Kier molecular flexibility index (Phi) is 7.69. The topological polar surface area (TPSA) is 49.8 Å². The van der Waals surface area contributed by atoms with Crippen molar-refractivity contribution in [2.75, 3.05) is 33.4 Å². The number of methoxy groups -OCH3 is 1. The lowest BCUT2D eigenvalue weighted by Crippen LogP contribution is -2.33. The second-order valence-corrected chi connectivity index (χ2v) is 3.52. The number of hydrogen-bond donors (Lipinski definition) is 1. The van der Waals surface area contributed by atoms with E-state index in [0.717, 1.165) is 13.0 Å². The SMILES string of the molecule is C#CCN(CCCOC)CC(C)C(=O)O. The van der Waals surface area contributed by atoms with Gasteiger partial charge in [0.25, 0.3) is 0 Å². The fourth-order valence-corrected chi connectivity index (χ4v) is 1.26. The van der Waals surface area contributed by atoms with Crippen LogP contribution in [0.5, 0.6) is 0 Å². The molecule has 0 saturated heterocycles. The van der Waals surface area contributed by atoms with Gasteiger partial charge in [-0.15, -0.1) is 6.42 Å². The van der Waals surface area contributed by atoms with E-state index in [1.54, 1.807) is 14.0 Å². The van der Waals surface area contributed by atoms with Gasteiger partial charge < -0.3 is 9.84 Å². The Labute approximate surface area is 91.2 Å². The van der Waals surface area contributed by atoms with Crippen molar-refractivity contribution < 1.29 is 14.6 Å². The van der Waals surface area contributed by atoms with Crippen LogP contribution < -0.4 is 0 Å². The molecule has 15 heavy (non-hydrogen) atoms. The van der Waals surface area contributed by atoms with Gasteiger partial charge in [0, 0.05) is 26.8 Å². The maximum Gasteiger partial charge on any atom is 0.307 e. The summed E-state index contributed by atoms with van der Waals surface area (Å²) in [4.78, 5) is 12.6. The highest BCUT2D eigenvalue weighted by Crippen LogP contribution is 2.01. The molecule has 0 radical (unpaired) electrons. The number of carboxylic acid groups (broad SMARTS) is 1. The molecule has 0 aromatic heterocycles. The van der Waals surface area contributed by atoms with E-state index in [1.165, 1.54) is 0 Å². The van der Waals surface area contributed by atoms with Crippen molar-refractivity contribution in [3.8, 4) is 12.3 Å². The van der Waals surface area contributed by atoms with Crippen LogP contribution in [-0.4, -0.2) is 49.3 Å². The van der Waals surface area contributed by atoms with Crippen molar-refractivity contribution in [1.29, 1.82) is 0 Å². The Morgan fingerprint density at radius 3 is 2.80 bits per heavy atom. The molecular weight excluding hydrogens is 194 g/mol. The van der Waals surface area contributed by atoms with Gasteiger partial charge in [0.1, 0.15) is 0 Å². The number of aliphatic carboxylic acids is 1. The van der Waals surface area contributed by atoms with Gasteiger partial charge in [0.15, 0.2) is 0 Å². The zero-order valence-electron chi connectivity index (χ0n) is 9.40. The van der Waals surface area contributed by atoms with Crippen LogP contribution in [0.15, 0.2) is 0 Å². The Balaban J connectivity index is 3.93. The minimum Gasteiger partial charge on any atom is -0.481 e. The van der Waals surface area contributed by atoms with Crippen molar-refractivity contribution >= 4 is 5.97 Å². The fourth-order valence-electron chi connectivity index (χ4n) is 1.26. The van der Waals surface area contributed by atoms with Gasteiger partial charge in [-0.25, -0.2) is 0 Å². The predicted molar refractivity (Wildman–Crippen MR) is 58.6 cm³/mol. The number of nitrogens with zero attached hydrogens (tertiary/aromatic N) is 1. The molecule has 0 aromatic carbocycles. The van der Waals surface area contributed by atoms with E-state index >= 15 is 0 Å². The Hall–Kier alpha value is -1.05. The van der Waals surface area contributed by atoms with E-state index < -0.39 is 5.97 Å². The third kappa shape index (κ3) is 6.95. The third-order valence-electron chi connectivity index (χ3n) is 2.09. The summed E-state index contributed by atoms with van der Waals surface area (Å²) in [7, 11) is 1.64. The van der Waals surface area contributed by atoms with E-state index in [9.17, 15) is 4.79 Å². The summed E-state index contributed by atoms with van der Waals surface area (Å²) >= 11 is 0. The lowest BCUT2D eigenvalue weighted by Gasteiger charge is -2.21. The summed E-state index contributed by atoms with van der Waals surface area (Å²) in [5, 5.41) is 8.77. The second-order valence-electron chi connectivity index (χ2n) is 3.52. The maximum absolute atomic E-state index is 10.7. The van der Waals surface area contributed by atoms with Crippen molar-refractivity contribution in [2.45, 2.75) is 13.3 Å². The molecule has 86 valence electrons. The lowest BCUT2D eigenvalue weighted by atomic mass is 10.1. The first kappa shape index (κ1) is 13.9. The van der Waals surface area contributed by atoms with Crippen molar-refractivity contribution in [1.82, 2.24) is 4.90 Å². The van der Waals surface area contributed by atoms with Crippen LogP contribution in [0.3, 0.4) is 0 Å². The Morgan fingerprint density at radius 1 is 1.67 bits per heavy atom. The van der Waals surface area contributed by atoms with E-state index in [2.05, 4.69) is 5.92 Å². The molecule has 0 saturated carbocycles. The first-order valence-corrected chi connectivity index (χ1v) is 4.99. The van der Waals surface area contributed by atoms with Gasteiger partial charge in [0.05, 0.1) is 12.5 Å². The van der Waals surface area contributed by atoms with Gasteiger partial charge in [-0.2, -0.15) is 0 Å². The molecule has 0 aliphatic carbocycles. The summed E-state index contributed by atoms with van der Waals surface area (Å²) in [6.45, 7) is 4.10. The molecule has 1 N–H and O–H groups in total. The quantitative estimate of drug-likeness (QED) is 0.476. The molecule has 0 bridgehead atoms. The predicted octanol–water partition coefficient (Wildman–Crippen LogP) is 0.679. The molecule has 0 spiro atoms. The smallest absolute Gasteiger partial charge is 0.307 e. The second kappa shape index (κ2) is 8.27. The zero-order chi connectivity index (χ0) is 11.7. The molecule has 0 rings (SSSR count). The molecule has 0 fully saturated rings. The highest BCUT2D eigenvalue weighted by Gasteiger charge is 2.14. The summed E-state index contributed by atoms with van der Waals surface area (Å²) in [5.41, 5.74) is 0. The molecule has 0 amide bonds. The van der Waals surface area contributed by atoms with Crippen LogP contribution in [0, 0.1) is 18.3 Å². The fraction of sp³-hybridized carbons (Fsp3) is 0.727. The van der Waals surface area contributed by atoms with Gasteiger partial charge in [-0.05, 0) is 6.42 Å². The highest BCUT2D eigenvalue weighted by molar-refractivity contribution is 5.69. The molecule has 0 aliphatic heterocycles. The van der Waals surface area contributed by atoms with Gasteiger partial charge >= 0.3 is 5.97 Å². The molecule has 0 aliphatic rings. The molecule has 4 heteroatoms. The van der Waals surface area contributed by atoms with Crippen molar-refractivity contribution in [3.05, 3.63) is 0 Å². The van der Waals surface area contributed by atoms with Crippen LogP contribution >= 0.6 is 0 Å². The first-order chi connectivity index (χ1) is 7.11. The Morgan fingerprint density at radius 2 is 2.33 bits per heavy atom. The van der Waals surface area contributed by atoms with E-state index in [4.69, 9.17) is 16.3 Å². The van der Waals surface area contributed by atoms with Gasteiger partial charge in [-0.3, -0.25) is 9.69 Å². The monoisotopic (exact) mass is 213 g/mol. The minimum atomic E-state index is -0.788. The summed E-state index contributed by atoms with van der Waals surface area (Å²) < 4.78 is 4.93. The number of ether oxygens (including phenoxy) is 1. The third-order valence-corrected chi connectivity index (χ3v) is 2.09. The standard InChI is InChI=1S/C11H19NO3/c1-4-6-12(7-5-8-15-3)9-10(2)11(13)14/h1,10H,5-9H2,2-3H3,(H,13,14). The maximum atomic E-state index is 10.7. The molecule has 0 heterocycles. The largest absolute Gasteiger partial charge is 0.481 e. The lowest BCUT2D eigenvalue weighted by molar-refractivity contribution is -0.141. The molecule has 4 nitrogen and oxygen atoms in total. The van der Waals surface area contributed by atoms with Crippen LogP contribution in [0.1, 0.15) is 13.3 Å². The van der Waals surface area contributed by atoms with E-state index in [1.807, 2.05) is 4.90 Å². The highest BCUT2D eigenvalue weighted by atomic mass is 16.5. The first-order valence-electron chi connectivity index (χ1n) is 4.99. The number of terminal acetylenes is 1. The van der Waals surface area contributed by atoms with E-state index in [0.29, 0.717) is 19.7 Å².